The van der Waals surface area contributed by atoms with E-state index in [9.17, 15) is 14.9 Å². The van der Waals surface area contributed by atoms with Crippen molar-refractivity contribution in [2.75, 3.05) is 11.1 Å². The normalized spacial score (nSPS) is 10.6. The third-order valence-electron chi connectivity index (χ3n) is 3.99. The molecule has 1 heterocycles. The van der Waals surface area contributed by atoms with E-state index in [1.54, 1.807) is 23.7 Å². The van der Waals surface area contributed by atoms with Crippen LogP contribution in [0.4, 0.5) is 11.4 Å². The van der Waals surface area contributed by atoms with Gasteiger partial charge in [-0.3, -0.25) is 14.9 Å². The number of hydrogen-bond acceptors (Lipinski definition) is 7. The summed E-state index contributed by atoms with van der Waals surface area (Å²) in [5.41, 5.74) is 1.11. The third kappa shape index (κ3) is 5.32. The topological polar surface area (TPSA) is 112 Å². The maximum Gasteiger partial charge on any atom is 0.292 e. The maximum atomic E-state index is 12.2. The van der Waals surface area contributed by atoms with Gasteiger partial charge in [-0.25, -0.2) is 0 Å². The number of amides is 1. The second kappa shape index (κ2) is 9.20. The summed E-state index contributed by atoms with van der Waals surface area (Å²) in [6, 6.07) is 13.7. The van der Waals surface area contributed by atoms with Gasteiger partial charge in [0.15, 0.2) is 11.0 Å². The number of benzene rings is 2. The zero-order valence-electron chi connectivity index (χ0n) is 15.9. The van der Waals surface area contributed by atoms with Crippen molar-refractivity contribution in [3.05, 3.63) is 70.0 Å². The van der Waals surface area contributed by atoms with Crippen LogP contribution in [0.2, 0.25) is 0 Å². The number of aromatic nitrogens is 3. The number of ether oxygens (including phenoxy) is 1. The number of carbonyl (C=O) groups is 1. The molecule has 29 heavy (non-hydrogen) atoms. The monoisotopic (exact) mass is 413 g/mol. The number of nitro groups is 1. The zero-order valence-corrected chi connectivity index (χ0v) is 16.7. The van der Waals surface area contributed by atoms with Crippen LogP contribution in [0.25, 0.3) is 0 Å². The second-order valence-electron chi connectivity index (χ2n) is 6.17. The molecule has 3 rings (SSSR count). The Hall–Kier alpha value is -3.40. The summed E-state index contributed by atoms with van der Waals surface area (Å²) in [6.07, 6.45) is 0. The van der Waals surface area contributed by atoms with Crippen molar-refractivity contribution in [3.63, 3.8) is 0 Å². The first kappa shape index (κ1) is 20.3. The lowest BCUT2D eigenvalue weighted by atomic mass is 10.2. The summed E-state index contributed by atoms with van der Waals surface area (Å²) in [5, 5.41) is 22.3. The van der Waals surface area contributed by atoms with Crippen molar-refractivity contribution in [3.8, 4) is 5.75 Å². The highest BCUT2D eigenvalue weighted by atomic mass is 32.2. The third-order valence-corrected chi connectivity index (χ3v) is 5.01. The molecule has 0 radical (unpaired) electrons. The van der Waals surface area contributed by atoms with Crippen LogP contribution < -0.4 is 10.1 Å². The van der Waals surface area contributed by atoms with Gasteiger partial charge in [0.25, 0.3) is 5.69 Å². The van der Waals surface area contributed by atoms with Crippen molar-refractivity contribution in [2.24, 2.45) is 7.05 Å². The molecule has 150 valence electrons. The first-order valence-corrected chi connectivity index (χ1v) is 9.66. The van der Waals surface area contributed by atoms with E-state index in [0.29, 0.717) is 11.0 Å². The number of hydrogen-bond donors (Lipinski definition) is 1. The van der Waals surface area contributed by atoms with Gasteiger partial charge in [-0.15, -0.1) is 10.2 Å². The second-order valence-corrected chi connectivity index (χ2v) is 7.12. The lowest BCUT2D eigenvalue weighted by molar-refractivity contribution is -0.383. The summed E-state index contributed by atoms with van der Waals surface area (Å²) in [5.74, 6) is 1.03. The van der Waals surface area contributed by atoms with Crippen LogP contribution in [0.3, 0.4) is 0 Å². The molecular weight excluding hydrogens is 394 g/mol. The first-order valence-electron chi connectivity index (χ1n) is 8.68. The Labute approximate surface area is 171 Å². The number of aryl methyl sites for hydroxylation is 1. The Morgan fingerprint density at radius 3 is 2.79 bits per heavy atom. The summed E-state index contributed by atoms with van der Waals surface area (Å²) in [4.78, 5) is 22.7. The van der Waals surface area contributed by atoms with Crippen LogP contribution in [0.1, 0.15) is 11.4 Å². The molecule has 0 atom stereocenters. The molecule has 0 saturated carbocycles. The fourth-order valence-corrected chi connectivity index (χ4v) is 3.23. The summed E-state index contributed by atoms with van der Waals surface area (Å²) < 4.78 is 7.48. The molecule has 0 saturated heterocycles. The number of anilines is 1. The molecule has 0 fully saturated rings. The van der Waals surface area contributed by atoms with Gasteiger partial charge in [-0.2, -0.15) is 0 Å². The Kier molecular flexibility index (Phi) is 6.45. The minimum Gasteiger partial charge on any atom is -0.486 e. The van der Waals surface area contributed by atoms with Gasteiger partial charge in [0.1, 0.15) is 18.0 Å². The number of carbonyl (C=O) groups excluding carboxylic acids is 1. The number of nitro benzene ring substituents is 1. The van der Waals surface area contributed by atoms with Crippen molar-refractivity contribution < 1.29 is 14.5 Å². The van der Waals surface area contributed by atoms with Gasteiger partial charge in [0.05, 0.1) is 10.7 Å². The average Bonchev–Trinajstić information content (AvgIpc) is 3.05. The van der Waals surface area contributed by atoms with Crippen LogP contribution >= 0.6 is 11.8 Å². The fraction of sp³-hybridized carbons (Fsp3) is 0.211. The highest BCUT2D eigenvalue weighted by Gasteiger charge is 2.16. The number of rotatable bonds is 8. The smallest absolute Gasteiger partial charge is 0.292 e. The predicted octanol–water partition coefficient (Wildman–Crippen LogP) is 3.34. The van der Waals surface area contributed by atoms with Crippen molar-refractivity contribution in [1.29, 1.82) is 0 Å². The molecule has 0 aliphatic rings. The number of nitrogens with zero attached hydrogens (tertiary/aromatic N) is 4. The largest absolute Gasteiger partial charge is 0.486 e. The Bertz CT molecular complexity index is 1040. The number of thioether (sulfide) groups is 1. The van der Waals surface area contributed by atoms with Crippen molar-refractivity contribution in [2.45, 2.75) is 18.7 Å². The van der Waals surface area contributed by atoms with Crippen LogP contribution in [0.5, 0.6) is 5.75 Å². The Morgan fingerprint density at radius 2 is 2.03 bits per heavy atom. The lowest BCUT2D eigenvalue weighted by Crippen LogP contribution is -2.15. The quantitative estimate of drug-likeness (QED) is 0.342. The van der Waals surface area contributed by atoms with Crippen LogP contribution in [-0.4, -0.2) is 31.3 Å². The molecule has 1 N–H and O–H groups in total. The zero-order chi connectivity index (χ0) is 20.8. The van der Waals surface area contributed by atoms with E-state index in [1.165, 1.54) is 23.9 Å². The molecule has 1 aromatic heterocycles. The SMILES string of the molecule is Cc1cccc(OCc2nnc(SCC(=O)Nc3ccccc3[N+](=O)[O-])n2C)c1. The highest BCUT2D eigenvalue weighted by molar-refractivity contribution is 7.99. The molecular formula is C19H19N5O4S. The molecule has 0 spiro atoms. The predicted molar refractivity (Wildman–Crippen MR) is 109 cm³/mol. The van der Waals surface area contributed by atoms with Gasteiger partial charge >= 0.3 is 0 Å². The molecule has 9 nitrogen and oxygen atoms in total. The minimum absolute atomic E-state index is 0.0385. The number of para-hydroxylation sites is 2. The van der Waals surface area contributed by atoms with Gasteiger partial charge in [-0.05, 0) is 30.7 Å². The Morgan fingerprint density at radius 1 is 1.24 bits per heavy atom. The van der Waals surface area contributed by atoms with E-state index < -0.39 is 4.92 Å². The molecule has 0 bridgehead atoms. The average molecular weight is 413 g/mol. The fourth-order valence-electron chi connectivity index (χ4n) is 2.50. The van der Waals surface area contributed by atoms with E-state index >= 15 is 0 Å². The maximum absolute atomic E-state index is 12.2. The van der Waals surface area contributed by atoms with Gasteiger partial charge in [0, 0.05) is 13.1 Å². The van der Waals surface area contributed by atoms with Gasteiger partial charge < -0.3 is 14.6 Å². The molecule has 0 aliphatic heterocycles. The van der Waals surface area contributed by atoms with Crippen LogP contribution in [0.15, 0.2) is 53.7 Å². The lowest BCUT2D eigenvalue weighted by Gasteiger charge is -2.07. The summed E-state index contributed by atoms with van der Waals surface area (Å²) >= 11 is 1.19. The van der Waals surface area contributed by atoms with Crippen molar-refractivity contribution >= 4 is 29.0 Å². The molecule has 2 aromatic carbocycles. The minimum atomic E-state index is -0.536. The van der Waals surface area contributed by atoms with E-state index in [4.69, 9.17) is 4.74 Å². The molecule has 10 heteroatoms. The Balaban J connectivity index is 1.56. The highest BCUT2D eigenvalue weighted by Crippen LogP contribution is 2.24. The van der Waals surface area contributed by atoms with Crippen LogP contribution in [-0.2, 0) is 18.4 Å². The van der Waals surface area contributed by atoms with Gasteiger partial charge in [0.2, 0.25) is 5.91 Å². The van der Waals surface area contributed by atoms with E-state index in [2.05, 4.69) is 15.5 Å². The van der Waals surface area contributed by atoms with Gasteiger partial charge in [-0.1, -0.05) is 36.0 Å². The molecule has 0 unspecified atom stereocenters. The van der Waals surface area contributed by atoms with Crippen LogP contribution in [0, 0.1) is 17.0 Å². The van der Waals surface area contributed by atoms with E-state index in [1.807, 2.05) is 31.2 Å². The van der Waals surface area contributed by atoms with E-state index in [-0.39, 0.29) is 29.6 Å². The first-order chi connectivity index (χ1) is 13.9. The molecule has 1 amide bonds. The number of nitrogens with one attached hydrogen (secondary N) is 1. The summed E-state index contributed by atoms with van der Waals surface area (Å²) in [7, 11) is 1.79. The molecule has 3 aromatic rings. The summed E-state index contributed by atoms with van der Waals surface area (Å²) in [6.45, 7) is 2.23. The van der Waals surface area contributed by atoms with Crippen molar-refractivity contribution in [1.82, 2.24) is 14.8 Å². The standard InChI is InChI=1S/C19H19N5O4S/c1-13-6-5-7-14(10-13)28-11-17-21-22-19(23(17)2)29-12-18(25)20-15-8-3-4-9-16(15)24(26)27/h3-10H,11-12H2,1-2H3,(H,20,25). The molecule has 0 aliphatic carbocycles. The van der Waals surface area contributed by atoms with E-state index in [0.717, 1.165) is 11.3 Å².